The fraction of sp³-hybridized carbons (Fsp3) is 0.571. The number of aliphatic carboxylic acids is 1. The van der Waals surface area contributed by atoms with Crippen LogP contribution in [0.2, 0.25) is 0 Å². The number of carbonyl (C=O) groups is 6. The third kappa shape index (κ3) is 8.61. The Morgan fingerprint density at radius 2 is 1.64 bits per heavy atom. The smallest absolute Gasteiger partial charge is 0.409 e. The van der Waals surface area contributed by atoms with Gasteiger partial charge in [-0.2, -0.15) is 0 Å². The van der Waals surface area contributed by atoms with Crippen LogP contribution < -0.4 is 15.4 Å². The molecular formula is C35H46N6O9. The van der Waals surface area contributed by atoms with E-state index in [9.17, 15) is 33.9 Å². The van der Waals surface area contributed by atoms with E-state index in [0.29, 0.717) is 30.3 Å². The Labute approximate surface area is 290 Å². The van der Waals surface area contributed by atoms with Gasteiger partial charge in [0.25, 0.3) is 11.8 Å². The molecule has 2 unspecified atom stereocenters. The fourth-order valence-corrected chi connectivity index (χ4v) is 6.82. The molecule has 3 atom stereocenters. The Morgan fingerprint density at radius 3 is 2.32 bits per heavy atom. The minimum atomic E-state index is -1.41. The summed E-state index contributed by atoms with van der Waals surface area (Å²) in [6.45, 7) is 6.46. The maximum Gasteiger partial charge on any atom is 0.409 e. The molecule has 0 spiro atoms. The summed E-state index contributed by atoms with van der Waals surface area (Å²) in [5, 5.41) is 15.8. The minimum absolute atomic E-state index is 0.136. The number of ether oxygens (including phenoxy) is 2. The summed E-state index contributed by atoms with van der Waals surface area (Å²) in [5.74, 6) is -3.00. The van der Waals surface area contributed by atoms with Gasteiger partial charge in [0.15, 0.2) is 6.10 Å². The standard InChI is InChI=1S/C35H46N6O9/c1-4-49-35(48)40-16-14-39(15-17-40)34(47)27(20-30(42)43)38-31(44)26-19-29(24-12-11-21(2)18-25(24)37-26)50-22(3)33(46)41-13-7-10-28(41)32(45)36-23-8-5-6-9-23/h11-12,18-19,22-23,27-28H,4-10,13-17,20H2,1-3H3,(H,36,45)(H,38,44)(H,42,43)/t22-,27?,28?/m0/s1. The summed E-state index contributed by atoms with van der Waals surface area (Å²) in [6, 6.07) is 4.88. The van der Waals surface area contributed by atoms with Crippen molar-refractivity contribution in [3.05, 3.63) is 35.5 Å². The Hall–Kier alpha value is -4.95. The van der Waals surface area contributed by atoms with Crippen molar-refractivity contribution in [2.45, 2.75) is 89.9 Å². The van der Waals surface area contributed by atoms with Crippen LogP contribution in [0.5, 0.6) is 5.75 Å². The van der Waals surface area contributed by atoms with E-state index < -0.39 is 48.5 Å². The number of aromatic nitrogens is 1. The van der Waals surface area contributed by atoms with E-state index in [-0.39, 0.29) is 62.1 Å². The molecule has 3 heterocycles. The van der Waals surface area contributed by atoms with Crippen molar-refractivity contribution >= 4 is 46.6 Å². The summed E-state index contributed by atoms with van der Waals surface area (Å²) in [4.78, 5) is 86.6. The highest BCUT2D eigenvalue weighted by Gasteiger charge is 2.38. The molecule has 5 amide bonds. The van der Waals surface area contributed by atoms with E-state index in [1.54, 1.807) is 30.9 Å². The number of nitrogens with zero attached hydrogens (tertiary/aromatic N) is 4. The van der Waals surface area contributed by atoms with Gasteiger partial charge in [0.1, 0.15) is 23.5 Å². The number of rotatable bonds is 11. The Morgan fingerprint density at radius 1 is 0.940 bits per heavy atom. The van der Waals surface area contributed by atoms with E-state index in [1.165, 1.54) is 15.9 Å². The number of amides is 5. The van der Waals surface area contributed by atoms with Gasteiger partial charge in [-0.05, 0) is 64.2 Å². The topological polar surface area (TPSA) is 188 Å². The van der Waals surface area contributed by atoms with Crippen LogP contribution in [0.4, 0.5) is 4.79 Å². The Kier molecular flexibility index (Phi) is 11.8. The summed E-state index contributed by atoms with van der Waals surface area (Å²) in [6.07, 6.45) is 3.13. The lowest BCUT2D eigenvalue weighted by molar-refractivity contribution is -0.143. The molecule has 1 aromatic carbocycles. The fourth-order valence-electron chi connectivity index (χ4n) is 6.82. The molecule has 270 valence electrons. The molecule has 50 heavy (non-hydrogen) atoms. The highest BCUT2D eigenvalue weighted by Crippen LogP contribution is 2.29. The van der Waals surface area contributed by atoms with Crippen molar-refractivity contribution in [1.29, 1.82) is 0 Å². The van der Waals surface area contributed by atoms with Crippen molar-refractivity contribution < 1.29 is 43.3 Å². The first-order valence-electron chi connectivity index (χ1n) is 17.4. The molecular weight excluding hydrogens is 648 g/mol. The Bertz CT molecular complexity index is 1620. The molecule has 3 N–H and O–H groups in total. The molecule has 3 aliphatic rings. The number of fused-ring (bicyclic) bond motifs is 1. The number of carbonyl (C=O) groups excluding carboxylic acids is 5. The van der Waals surface area contributed by atoms with Gasteiger partial charge >= 0.3 is 12.1 Å². The molecule has 1 aromatic heterocycles. The van der Waals surface area contributed by atoms with E-state index in [4.69, 9.17) is 9.47 Å². The average Bonchev–Trinajstić information content (AvgIpc) is 3.80. The molecule has 1 aliphatic carbocycles. The number of carboxylic acid groups (broad SMARTS) is 1. The molecule has 0 bridgehead atoms. The minimum Gasteiger partial charge on any atom is -0.481 e. The third-order valence-electron chi connectivity index (χ3n) is 9.45. The van der Waals surface area contributed by atoms with Crippen LogP contribution in [0.15, 0.2) is 24.3 Å². The number of hydrogen-bond acceptors (Lipinski definition) is 9. The highest BCUT2D eigenvalue weighted by atomic mass is 16.6. The SMILES string of the molecule is CCOC(=O)N1CCN(C(=O)C(CC(=O)O)NC(=O)c2cc(O[C@@H](C)C(=O)N3CCCC3C(=O)NC3CCCC3)c3ccc(C)cc3n2)CC1. The van der Waals surface area contributed by atoms with Crippen LogP contribution in [0.3, 0.4) is 0 Å². The lowest BCUT2D eigenvalue weighted by atomic mass is 10.1. The first-order valence-corrected chi connectivity index (χ1v) is 17.4. The van der Waals surface area contributed by atoms with Crippen LogP contribution in [0.1, 0.15) is 74.8 Å². The molecule has 0 radical (unpaired) electrons. The Balaban J connectivity index is 1.31. The molecule has 3 fully saturated rings. The van der Waals surface area contributed by atoms with Crippen molar-refractivity contribution in [3.63, 3.8) is 0 Å². The zero-order valence-electron chi connectivity index (χ0n) is 28.8. The van der Waals surface area contributed by atoms with Crippen LogP contribution in [0.25, 0.3) is 10.9 Å². The summed E-state index contributed by atoms with van der Waals surface area (Å²) in [5.41, 5.74) is 1.12. The van der Waals surface area contributed by atoms with Gasteiger partial charge in [0.05, 0.1) is 18.5 Å². The largest absolute Gasteiger partial charge is 0.481 e. The predicted molar refractivity (Wildman–Crippen MR) is 180 cm³/mol. The molecule has 2 saturated heterocycles. The van der Waals surface area contributed by atoms with Gasteiger partial charge in [0, 0.05) is 50.2 Å². The zero-order valence-corrected chi connectivity index (χ0v) is 28.8. The van der Waals surface area contributed by atoms with Crippen molar-refractivity contribution in [1.82, 2.24) is 30.3 Å². The molecule has 15 heteroatoms. The van der Waals surface area contributed by atoms with Gasteiger partial charge in [-0.15, -0.1) is 0 Å². The second-order valence-corrected chi connectivity index (χ2v) is 13.1. The van der Waals surface area contributed by atoms with Crippen LogP contribution >= 0.6 is 0 Å². The molecule has 1 saturated carbocycles. The predicted octanol–water partition coefficient (Wildman–Crippen LogP) is 2.23. The van der Waals surface area contributed by atoms with Crippen LogP contribution in [0, 0.1) is 6.92 Å². The molecule has 2 aromatic rings. The van der Waals surface area contributed by atoms with Crippen LogP contribution in [-0.4, -0.2) is 124 Å². The zero-order chi connectivity index (χ0) is 35.9. The molecule has 2 aliphatic heterocycles. The van der Waals surface area contributed by atoms with Gasteiger partial charge < -0.3 is 39.9 Å². The van der Waals surface area contributed by atoms with E-state index in [1.807, 2.05) is 13.0 Å². The first kappa shape index (κ1) is 36.3. The molecule has 5 rings (SSSR count). The number of nitrogens with one attached hydrogen (secondary N) is 2. The highest BCUT2D eigenvalue weighted by molar-refractivity contribution is 6.00. The second-order valence-electron chi connectivity index (χ2n) is 13.1. The number of benzene rings is 1. The number of pyridine rings is 1. The first-order chi connectivity index (χ1) is 23.9. The van der Waals surface area contributed by atoms with Gasteiger partial charge in [0.2, 0.25) is 11.8 Å². The number of piperazine rings is 1. The maximum absolute atomic E-state index is 13.7. The maximum atomic E-state index is 13.7. The van der Waals surface area contributed by atoms with E-state index >= 15 is 0 Å². The van der Waals surface area contributed by atoms with Crippen molar-refractivity contribution in [3.8, 4) is 5.75 Å². The lowest BCUT2D eigenvalue weighted by Gasteiger charge is -2.35. The third-order valence-corrected chi connectivity index (χ3v) is 9.45. The normalized spacial score (nSPS) is 19.2. The molecule has 15 nitrogen and oxygen atoms in total. The van der Waals surface area contributed by atoms with Crippen LogP contribution in [-0.2, 0) is 23.9 Å². The van der Waals surface area contributed by atoms with Gasteiger partial charge in [-0.3, -0.25) is 24.0 Å². The number of carboxylic acids is 1. The van der Waals surface area contributed by atoms with Crippen molar-refractivity contribution in [2.75, 3.05) is 39.3 Å². The van der Waals surface area contributed by atoms with E-state index in [0.717, 1.165) is 31.2 Å². The number of hydrogen-bond donors (Lipinski definition) is 3. The average molecular weight is 695 g/mol. The van der Waals surface area contributed by atoms with Crippen molar-refractivity contribution in [2.24, 2.45) is 0 Å². The summed E-state index contributed by atoms with van der Waals surface area (Å²) < 4.78 is 11.2. The summed E-state index contributed by atoms with van der Waals surface area (Å²) >= 11 is 0. The number of likely N-dealkylation sites (tertiary alicyclic amines) is 1. The second kappa shape index (κ2) is 16.2. The lowest BCUT2D eigenvalue weighted by Crippen LogP contribution is -2.56. The summed E-state index contributed by atoms with van der Waals surface area (Å²) in [7, 11) is 0. The number of aryl methyl sites for hydroxylation is 1. The monoisotopic (exact) mass is 694 g/mol. The van der Waals surface area contributed by atoms with Gasteiger partial charge in [-0.25, -0.2) is 9.78 Å². The van der Waals surface area contributed by atoms with Gasteiger partial charge in [-0.1, -0.05) is 18.9 Å². The quantitative estimate of drug-likeness (QED) is 0.315. The van der Waals surface area contributed by atoms with E-state index in [2.05, 4.69) is 15.6 Å².